The summed E-state index contributed by atoms with van der Waals surface area (Å²) in [5.41, 5.74) is 1.76. The van der Waals surface area contributed by atoms with Gasteiger partial charge in [0.05, 0.1) is 12.1 Å². The maximum absolute atomic E-state index is 13.7. The van der Waals surface area contributed by atoms with Crippen LogP contribution in [0, 0.1) is 5.82 Å². The zero-order chi connectivity index (χ0) is 25.2. The van der Waals surface area contributed by atoms with E-state index >= 15 is 0 Å². The first kappa shape index (κ1) is 24.4. The highest BCUT2D eigenvalue weighted by Crippen LogP contribution is 2.34. The van der Waals surface area contributed by atoms with E-state index in [4.69, 9.17) is 9.47 Å². The van der Waals surface area contributed by atoms with Crippen LogP contribution >= 0.6 is 0 Å². The molecule has 1 heterocycles. The van der Waals surface area contributed by atoms with Gasteiger partial charge in [-0.2, -0.15) is 0 Å². The molecule has 0 radical (unpaired) electrons. The van der Waals surface area contributed by atoms with E-state index in [-0.39, 0.29) is 30.9 Å². The average Bonchev–Trinajstić information content (AvgIpc) is 3.10. The van der Waals surface area contributed by atoms with Crippen molar-refractivity contribution < 1.29 is 36.6 Å². The molecule has 0 fully saturated rings. The number of hydrogen-bond acceptors (Lipinski definition) is 4. The third kappa shape index (κ3) is 6.03. The predicted octanol–water partition coefficient (Wildman–Crippen LogP) is 6.29. The molecule has 0 spiro atoms. The van der Waals surface area contributed by atoms with E-state index in [2.05, 4.69) is 4.74 Å². The first-order valence-electron chi connectivity index (χ1n) is 10.9. The maximum Gasteiger partial charge on any atom is 0.573 e. The highest BCUT2D eigenvalue weighted by atomic mass is 19.4. The molecule has 4 rings (SSSR count). The summed E-state index contributed by atoms with van der Waals surface area (Å²) in [5.74, 6) is -0.0804. The van der Waals surface area contributed by atoms with Crippen LogP contribution in [0.2, 0.25) is 0 Å². The van der Waals surface area contributed by atoms with Gasteiger partial charge in [0, 0.05) is 12.1 Å². The summed E-state index contributed by atoms with van der Waals surface area (Å²) in [6, 6.07) is 15.7. The van der Waals surface area contributed by atoms with Gasteiger partial charge in [-0.25, -0.2) is 4.39 Å². The lowest BCUT2D eigenvalue weighted by Crippen LogP contribution is -2.33. The van der Waals surface area contributed by atoms with E-state index in [0.717, 1.165) is 17.7 Å². The SMILES string of the molecule is CC(C)Oc1ccc(C(COc2ccc(OC(F)(F)F)cc2)N2Cc3cc(F)ccc3C2=O)cc1. The molecule has 0 saturated heterocycles. The van der Waals surface area contributed by atoms with Gasteiger partial charge in [-0.3, -0.25) is 4.79 Å². The van der Waals surface area contributed by atoms with Gasteiger partial charge in [0.15, 0.2) is 0 Å². The average molecular weight is 489 g/mol. The molecule has 1 unspecified atom stereocenters. The van der Waals surface area contributed by atoms with Gasteiger partial charge >= 0.3 is 6.36 Å². The summed E-state index contributed by atoms with van der Waals surface area (Å²) < 4.78 is 66.4. The molecule has 1 atom stereocenters. The standard InChI is InChI=1S/C26H23F4NO4/c1-16(2)34-21-6-3-17(4-7-21)24(31-14-18-13-19(27)5-12-23(18)25(31)32)15-33-20-8-10-22(11-9-20)35-26(28,29)30/h3-13,16,24H,14-15H2,1-2H3. The second kappa shape index (κ2) is 9.85. The van der Waals surface area contributed by atoms with Crippen LogP contribution < -0.4 is 14.2 Å². The molecule has 1 aliphatic heterocycles. The zero-order valence-electron chi connectivity index (χ0n) is 19.0. The van der Waals surface area contributed by atoms with Crippen LogP contribution in [0.1, 0.15) is 41.4 Å². The third-order valence-corrected chi connectivity index (χ3v) is 5.38. The first-order chi connectivity index (χ1) is 16.6. The molecule has 5 nitrogen and oxygen atoms in total. The van der Waals surface area contributed by atoms with Crippen molar-refractivity contribution in [3.05, 3.63) is 89.2 Å². The molecule has 0 aromatic heterocycles. The number of carbonyl (C=O) groups excluding carboxylic acids is 1. The van der Waals surface area contributed by atoms with E-state index in [9.17, 15) is 22.4 Å². The molecule has 184 valence electrons. The van der Waals surface area contributed by atoms with Crippen molar-refractivity contribution in [2.45, 2.75) is 38.9 Å². The van der Waals surface area contributed by atoms with E-state index < -0.39 is 18.2 Å². The van der Waals surface area contributed by atoms with Crippen LogP contribution in [0.25, 0.3) is 0 Å². The fourth-order valence-electron chi connectivity index (χ4n) is 3.88. The summed E-state index contributed by atoms with van der Waals surface area (Å²) in [7, 11) is 0. The zero-order valence-corrected chi connectivity index (χ0v) is 19.0. The number of benzene rings is 3. The van der Waals surface area contributed by atoms with Crippen LogP contribution in [0.4, 0.5) is 17.6 Å². The van der Waals surface area contributed by atoms with Crippen LogP contribution in [0.5, 0.6) is 17.2 Å². The Labute approximate surface area is 199 Å². The molecule has 1 amide bonds. The van der Waals surface area contributed by atoms with Gasteiger partial charge < -0.3 is 19.1 Å². The molecule has 0 N–H and O–H groups in total. The van der Waals surface area contributed by atoms with Crippen molar-refractivity contribution in [3.63, 3.8) is 0 Å². The number of nitrogens with zero attached hydrogens (tertiary/aromatic N) is 1. The summed E-state index contributed by atoms with van der Waals surface area (Å²) in [6.45, 7) is 4.04. The van der Waals surface area contributed by atoms with Crippen molar-refractivity contribution in [2.75, 3.05) is 6.61 Å². The van der Waals surface area contributed by atoms with Crippen molar-refractivity contribution in [1.29, 1.82) is 0 Å². The Morgan fingerprint density at radius 3 is 2.17 bits per heavy atom. The molecular weight excluding hydrogens is 466 g/mol. The van der Waals surface area contributed by atoms with Crippen LogP contribution in [0.15, 0.2) is 66.7 Å². The smallest absolute Gasteiger partial charge is 0.491 e. The van der Waals surface area contributed by atoms with Gasteiger partial charge in [0.2, 0.25) is 0 Å². The van der Waals surface area contributed by atoms with Crippen LogP contribution in [0.3, 0.4) is 0 Å². The number of carbonyl (C=O) groups is 1. The normalized spacial score (nSPS) is 14.1. The topological polar surface area (TPSA) is 48.0 Å². The minimum absolute atomic E-state index is 0.00571. The molecule has 0 bridgehead atoms. The Kier molecular flexibility index (Phi) is 6.86. The Bertz CT molecular complexity index is 1180. The van der Waals surface area contributed by atoms with Gasteiger partial charge in [-0.1, -0.05) is 12.1 Å². The molecular formula is C26H23F4NO4. The quantitative estimate of drug-likeness (QED) is 0.349. The number of rotatable bonds is 8. The Morgan fingerprint density at radius 2 is 1.54 bits per heavy atom. The summed E-state index contributed by atoms with van der Waals surface area (Å²) >= 11 is 0. The Hall–Kier alpha value is -3.75. The van der Waals surface area contributed by atoms with E-state index in [0.29, 0.717) is 22.6 Å². The lowest BCUT2D eigenvalue weighted by atomic mass is 10.1. The molecule has 3 aromatic rings. The molecule has 3 aromatic carbocycles. The lowest BCUT2D eigenvalue weighted by Gasteiger charge is -2.28. The largest absolute Gasteiger partial charge is 0.573 e. The number of amides is 1. The molecule has 9 heteroatoms. The van der Waals surface area contributed by atoms with Crippen molar-refractivity contribution in [1.82, 2.24) is 4.90 Å². The highest BCUT2D eigenvalue weighted by Gasteiger charge is 2.34. The summed E-state index contributed by atoms with van der Waals surface area (Å²) in [4.78, 5) is 14.7. The Morgan fingerprint density at radius 1 is 0.914 bits per heavy atom. The van der Waals surface area contributed by atoms with Crippen LogP contribution in [-0.4, -0.2) is 29.9 Å². The van der Waals surface area contributed by atoms with Crippen LogP contribution in [-0.2, 0) is 6.54 Å². The number of halogens is 4. The highest BCUT2D eigenvalue weighted by molar-refractivity contribution is 5.98. The van der Waals surface area contributed by atoms with Crippen molar-refractivity contribution in [3.8, 4) is 17.2 Å². The maximum atomic E-state index is 13.7. The second-order valence-corrected chi connectivity index (χ2v) is 8.32. The lowest BCUT2D eigenvalue weighted by molar-refractivity contribution is -0.274. The number of alkyl halides is 3. The van der Waals surface area contributed by atoms with E-state index in [1.807, 2.05) is 26.0 Å². The fourth-order valence-corrected chi connectivity index (χ4v) is 3.88. The minimum atomic E-state index is -4.79. The molecule has 0 saturated carbocycles. The van der Waals surface area contributed by atoms with Gasteiger partial charge in [-0.05, 0) is 79.6 Å². The summed E-state index contributed by atoms with van der Waals surface area (Å²) in [6.07, 6.45) is -4.79. The molecule has 1 aliphatic rings. The van der Waals surface area contributed by atoms with E-state index in [1.54, 1.807) is 17.0 Å². The van der Waals surface area contributed by atoms with Gasteiger partial charge in [0.1, 0.15) is 29.7 Å². The Balaban J connectivity index is 1.56. The van der Waals surface area contributed by atoms with Gasteiger partial charge in [0.25, 0.3) is 5.91 Å². The second-order valence-electron chi connectivity index (χ2n) is 8.32. The first-order valence-corrected chi connectivity index (χ1v) is 10.9. The third-order valence-electron chi connectivity index (χ3n) is 5.38. The van der Waals surface area contributed by atoms with Crippen molar-refractivity contribution >= 4 is 5.91 Å². The summed E-state index contributed by atoms with van der Waals surface area (Å²) in [5, 5.41) is 0. The number of fused-ring (bicyclic) bond motifs is 1. The monoisotopic (exact) mass is 489 g/mol. The number of hydrogen-bond donors (Lipinski definition) is 0. The number of ether oxygens (including phenoxy) is 3. The van der Waals surface area contributed by atoms with Crippen molar-refractivity contribution in [2.24, 2.45) is 0 Å². The molecule has 35 heavy (non-hydrogen) atoms. The minimum Gasteiger partial charge on any atom is -0.491 e. The van der Waals surface area contributed by atoms with Gasteiger partial charge in [-0.15, -0.1) is 13.2 Å². The predicted molar refractivity (Wildman–Crippen MR) is 120 cm³/mol. The van der Waals surface area contributed by atoms with E-state index in [1.165, 1.54) is 30.3 Å². The molecule has 0 aliphatic carbocycles. The fraction of sp³-hybridized carbons (Fsp3) is 0.269.